The smallest absolute Gasteiger partial charge is 0.191 e. The SMILES string of the molecule is CCNC(=NCC(c1ccc(C)o1)N1CCCC1)NC(C)COC.I. The topological polar surface area (TPSA) is 62.0 Å². The van der Waals surface area contributed by atoms with Gasteiger partial charge in [0.2, 0.25) is 0 Å². The molecule has 7 heteroatoms. The minimum Gasteiger partial charge on any atom is -0.465 e. The number of nitrogens with one attached hydrogen (secondary N) is 2. The lowest BCUT2D eigenvalue weighted by molar-refractivity contribution is 0.178. The van der Waals surface area contributed by atoms with E-state index in [2.05, 4.69) is 35.4 Å². The van der Waals surface area contributed by atoms with Crippen LogP contribution in [0.3, 0.4) is 0 Å². The first-order valence-electron chi connectivity index (χ1n) is 8.98. The van der Waals surface area contributed by atoms with Gasteiger partial charge in [0, 0.05) is 19.7 Å². The molecule has 0 amide bonds. The van der Waals surface area contributed by atoms with Gasteiger partial charge in [-0.25, -0.2) is 0 Å². The quantitative estimate of drug-likeness (QED) is 0.352. The van der Waals surface area contributed by atoms with Gasteiger partial charge in [-0.1, -0.05) is 0 Å². The predicted octanol–water partition coefficient (Wildman–Crippen LogP) is 2.93. The number of likely N-dealkylation sites (tertiary alicyclic amines) is 1. The van der Waals surface area contributed by atoms with Crippen molar-refractivity contribution < 1.29 is 9.15 Å². The van der Waals surface area contributed by atoms with Gasteiger partial charge in [-0.2, -0.15) is 0 Å². The van der Waals surface area contributed by atoms with E-state index in [1.165, 1.54) is 12.8 Å². The largest absolute Gasteiger partial charge is 0.465 e. The Morgan fingerprint density at radius 1 is 1.36 bits per heavy atom. The number of guanidine groups is 1. The van der Waals surface area contributed by atoms with Crippen LogP contribution in [-0.4, -0.2) is 56.8 Å². The molecule has 1 aliphatic rings. The summed E-state index contributed by atoms with van der Waals surface area (Å²) in [5.41, 5.74) is 0. The number of halogens is 1. The molecular formula is C18H33IN4O2. The maximum atomic E-state index is 5.90. The summed E-state index contributed by atoms with van der Waals surface area (Å²) in [6, 6.07) is 4.53. The highest BCUT2D eigenvalue weighted by Crippen LogP contribution is 2.26. The molecule has 0 saturated carbocycles. The molecule has 1 saturated heterocycles. The third-order valence-electron chi connectivity index (χ3n) is 4.24. The number of hydrogen-bond donors (Lipinski definition) is 2. The van der Waals surface area contributed by atoms with E-state index in [1.807, 2.05) is 13.0 Å². The molecule has 6 nitrogen and oxygen atoms in total. The minimum absolute atomic E-state index is 0. The van der Waals surface area contributed by atoms with E-state index >= 15 is 0 Å². The Morgan fingerprint density at radius 2 is 2.08 bits per heavy atom. The van der Waals surface area contributed by atoms with Crippen LogP contribution in [0, 0.1) is 6.92 Å². The van der Waals surface area contributed by atoms with Crippen molar-refractivity contribution in [2.45, 2.75) is 45.7 Å². The Labute approximate surface area is 168 Å². The van der Waals surface area contributed by atoms with Gasteiger partial charge >= 0.3 is 0 Å². The number of rotatable bonds is 8. The molecule has 2 rings (SSSR count). The Kier molecular flexibility index (Phi) is 10.4. The van der Waals surface area contributed by atoms with Crippen molar-refractivity contribution in [2.75, 3.05) is 39.9 Å². The fourth-order valence-electron chi connectivity index (χ4n) is 3.09. The second-order valence-electron chi connectivity index (χ2n) is 6.43. The van der Waals surface area contributed by atoms with E-state index in [1.54, 1.807) is 7.11 Å². The lowest BCUT2D eigenvalue weighted by Crippen LogP contribution is -2.44. The number of nitrogens with zero attached hydrogens (tertiary/aromatic N) is 2. The third-order valence-corrected chi connectivity index (χ3v) is 4.24. The summed E-state index contributed by atoms with van der Waals surface area (Å²) in [5.74, 6) is 2.80. The Bertz CT molecular complexity index is 515. The summed E-state index contributed by atoms with van der Waals surface area (Å²) in [4.78, 5) is 7.28. The molecule has 1 fully saturated rings. The van der Waals surface area contributed by atoms with Crippen molar-refractivity contribution in [3.63, 3.8) is 0 Å². The number of aryl methyl sites for hydroxylation is 1. The summed E-state index contributed by atoms with van der Waals surface area (Å²) in [5, 5.41) is 6.69. The molecule has 1 aliphatic heterocycles. The van der Waals surface area contributed by atoms with Crippen LogP contribution in [0.1, 0.15) is 44.3 Å². The number of hydrogen-bond acceptors (Lipinski definition) is 4. The first-order chi connectivity index (χ1) is 11.6. The van der Waals surface area contributed by atoms with Crippen LogP contribution < -0.4 is 10.6 Å². The van der Waals surface area contributed by atoms with Crippen molar-refractivity contribution in [1.82, 2.24) is 15.5 Å². The lowest BCUT2D eigenvalue weighted by Gasteiger charge is -2.25. The fourth-order valence-corrected chi connectivity index (χ4v) is 3.09. The molecule has 2 unspecified atom stereocenters. The van der Waals surface area contributed by atoms with Gasteiger partial charge in [-0.15, -0.1) is 24.0 Å². The molecule has 1 aromatic heterocycles. The van der Waals surface area contributed by atoms with E-state index in [9.17, 15) is 0 Å². The highest BCUT2D eigenvalue weighted by Gasteiger charge is 2.25. The van der Waals surface area contributed by atoms with Crippen molar-refractivity contribution in [3.05, 3.63) is 23.7 Å². The first kappa shape index (κ1) is 22.2. The molecule has 1 aromatic rings. The normalized spacial score (nSPS) is 17.8. The maximum Gasteiger partial charge on any atom is 0.191 e. The summed E-state index contributed by atoms with van der Waals surface area (Å²) in [6.07, 6.45) is 2.51. The number of methoxy groups -OCH3 is 1. The molecule has 2 heterocycles. The van der Waals surface area contributed by atoms with Crippen LogP contribution in [0.4, 0.5) is 0 Å². The van der Waals surface area contributed by atoms with Crippen molar-refractivity contribution >= 4 is 29.9 Å². The van der Waals surface area contributed by atoms with Gasteiger partial charge in [0.15, 0.2) is 5.96 Å². The molecular weight excluding hydrogens is 431 g/mol. The molecule has 0 radical (unpaired) electrons. The van der Waals surface area contributed by atoms with Crippen LogP contribution in [0.25, 0.3) is 0 Å². The monoisotopic (exact) mass is 464 g/mol. The van der Waals surface area contributed by atoms with Crippen molar-refractivity contribution in [1.29, 1.82) is 0 Å². The van der Waals surface area contributed by atoms with E-state index in [0.29, 0.717) is 13.2 Å². The standard InChI is InChI=1S/C18H32N4O2.HI/c1-5-19-18(21-14(2)13-23-4)20-12-16(22-10-6-7-11-22)17-9-8-15(3)24-17;/h8-9,14,16H,5-7,10-13H2,1-4H3,(H2,19,20,21);1H. The average Bonchev–Trinajstić information content (AvgIpc) is 3.20. The summed E-state index contributed by atoms with van der Waals surface area (Å²) < 4.78 is 11.1. The molecule has 0 aliphatic carbocycles. The van der Waals surface area contributed by atoms with Gasteiger partial charge in [0.1, 0.15) is 11.5 Å². The average molecular weight is 464 g/mol. The van der Waals surface area contributed by atoms with Crippen LogP contribution in [0.2, 0.25) is 0 Å². The lowest BCUT2D eigenvalue weighted by atomic mass is 10.2. The maximum absolute atomic E-state index is 5.90. The number of aliphatic imine (C=N–C) groups is 1. The van der Waals surface area contributed by atoms with E-state index in [4.69, 9.17) is 14.1 Å². The van der Waals surface area contributed by atoms with Crippen LogP contribution in [-0.2, 0) is 4.74 Å². The Hall–Kier alpha value is -0.800. The van der Waals surface area contributed by atoms with Gasteiger partial charge < -0.3 is 19.8 Å². The number of ether oxygens (including phenoxy) is 1. The zero-order valence-electron chi connectivity index (χ0n) is 15.9. The molecule has 144 valence electrons. The Balaban J connectivity index is 0.00000312. The first-order valence-corrected chi connectivity index (χ1v) is 8.98. The minimum atomic E-state index is 0. The van der Waals surface area contributed by atoms with Crippen molar-refractivity contribution in [2.24, 2.45) is 4.99 Å². The van der Waals surface area contributed by atoms with Gasteiger partial charge in [0.05, 0.1) is 19.2 Å². The second-order valence-corrected chi connectivity index (χ2v) is 6.43. The molecule has 2 atom stereocenters. The van der Waals surface area contributed by atoms with E-state index in [-0.39, 0.29) is 36.1 Å². The Morgan fingerprint density at radius 3 is 2.64 bits per heavy atom. The molecule has 0 bridgehead atoms. The summed E-state index contributed by atoms with van der Waals surface area (Å²) >= 11 is 0. The van der Waals surface area contributed by atoms with E-state index in [0.717, 1.165) is 37.1 Å². The van der Waals surface area contributed by atoms with E-state index < -0.39 is 0 Å². The molecule has 25 heavy (non-hydrogen) atoms. The summed E-state index contributed by atoms with van der Waals surface area (Å²) in [7, 11) is 1.71. The fraction of sp³-hybridized carbons (Fsp3) is 0.722. The molecule has 2 N–H and O–H groups in total. The second kappa shape index (κ2) is 11.7. The van der Waals surface area contributed by atoms with Crippen LogP contribution in [0.5, 0.6) is 0 Å². The molecule has 0 spiro atoms. The highest BCUT2D eigenvalue weighted by atomic mass is 127. The van der Waals surface area contributed by atoms with Gasteiger partial charge in [-0.3, -0.25) is 9.89 Å². The molecule has 0 aromatic carbocycles. The highest BCUT2D eigenvalue weighted by molar-refractivity contribution is 14.0. The van der Waals surface area contributed by atoms with Crippen molar-refractivity contribution in [3.8, 4) is 0 Å². The zero-order valence-corrected chi connectivity index (χ0v) is 18.2. The number of furan rings is 1. The van der Waals surface area contributed by atoms with Gasteiger partial charge in [0.25, 0.3) is 0 Å². The third kappa shape index (κ3) is 7.15. The summed E-state index contributed by atoms with van der Waals surface area (Å²) in [6.45, 7) is 10.6. The predicted molar refractivity (Wildman–Crippen MR) is 113 cm³/mol. The van der Waals surface area contributed by atoms with Crippen LogP contribution >= 0.6 is 24.0 Å². The van der Waals surface area contributed by atoms with Gasteiger partial charge in [-0.05, 0) is 58.8 Å². The van der Waals surface area contributed by atoms with Crippen LogP contribution in [0.15, 0.2) is 21.5 Å². The zero-order chi connectivity index (χ0) is 17.4.